The second-order valence-corrected chi connectivity index (χ2v) is 6.86. The molecule has 2 heterocycles. The molecular formula is C16H30N2O2. The molecule has 3 fully saturated rings. The summed E-state index contributed by atoms with van der Waals surface area (Å²) in [6, 6.07) is 1.39. The van der Waals surface area contributed by atoms with E-state index in [2.05, 4.69) is 10.2 Å². The van der Waals surface area contributed by atoms with Gasteiger partial charge in [0.1, 0.15) is 0 Å². The molecule has 4 heteroatoms. The maximum Gasteiger partial charge on any atom is 0.0897 e. The molecule has 0 spiro atoms. The number of nitrogens with zero attached hydrogens (tertiary/aromatic N) is 1. The summed E-state index contributed by atoms with van der Waals surface area (Å²) in [5.41, 5.74) is 0. The molecule has 2 N–H and O–H groups in total. The molecule has 0 aromatic rings. The summed E-state index contributed by atoms with van der Waals surface area (Å²) in [7, 11) is 0. The molecule has 2 saturated heterocycles. The van der Waals surface area contributed by atoms with Crippen molar-refractivity contribution in [2.24, 2.45) is 0 Å². The van der Waals surface area contributed by atoms with E-state index in [1.807, 2.05) is 0 Å². The fourth-order valence-electron chi connectivity index (χ4n) is 4.07. The van der Waals surface area contributed by atoms with Crippen LogP contribution in [-0.2, 0) is 4.74 Å². The minimum Gasteiger partial charge on any atom is -0.389 e. The summed E-state index contributed by atoms with van der Waals surface area (Å²) in [6.07, 6.45) is 10.2. The molecule has 0 amide bonds. The first-order valence-corrected chi connectivity index (χ1v) is 8.58. The van der Waals surface area contributed by atoms with Crippen LogP contribution in [-0.4, -0.2) is 60.5 Å². The summed E-state index contributed by atoms with van der Waals surface area (Å²) in [4.78, 5) is 2.64. The standard InChI is InChI=1S/C16H30N2O2/c19-15(12-20-16-5-1-2-6-16)11-17-13-7-9-18-8-3-4-14(18)10-13/h13-17,19H,1-12H2. The number of nitrogens with one attached hydrogen (secondary N) is 1. The van der Waals surface area contributed by atoms with E-state index in [0.29, 0.717) is 25.3 Å². The van der Waals surface area contributed by atoms with E-state index in [1.165, 1.54) is 64.5 Å². The number of piperidine rings is 1. The van der Waals surface area contributed by atoms with Crippen LogP contribution in [0.15, 0.2) is 0 Å². The van der Waals surface area contributed by atoms with Gasteiger partial charge in [-0.15, -0.1) is 0 Å². The maximum absolute atomic E-state index is 10.0. The first-order chi connectivity index (χ1) is 9.81. The Hall–Kier alpha value is -0.160. The van der Waals surface area contributed by atoms with Gasteiger partial charge in [0.05, 0.1) is 18.8 Å². The number of ether oxygens (including phenoxy) is 1. The number of aliphatic hydroxyl groups is 1. The summed E-state index contributed by atoms with van der Waals surface area (Å²) in [5, 5.41) is 13.6. The van der Waals surface area contributed by atoms with Crippen molar-refractivity contribution < 1.29 is 9.84 Å². The Kier molecular flexibility index (Phi) is 5.32. The minimum atomic E-state index is -0.350. The number of fused-ring (bicyclic) bond motifs is 1. The Morgan fingerprint density at radius 3 is 2.80 bits per heavy atom. The lowest BCUT2D eigenvalue weighted by atomic mass is 9.97. The molecule has 4 nitrogen and oxygen atoms in total. The quantitative estimate of drug-likeness (QED) is 0.775. The third-order valence-electron chi connectivity index (χ3n) is 5.29. The molecule has 0 radical (unpaired) electrons. The van der Waals surface area contributed by atoms with Crippen LogP contribution >= 0.6 is 0 Å². The molecule has 0 aromatic carbocycles. The van der Waals surface area contributed by atoms with Crippen LogP contribution in [0.3, 0.4) is 0 Å². The van der Waals surface area contributed by atoms with Gasteiger partial charge in [-0.1, -0.05) is 12.8 Å². The van der Waals surface area contributed by atoms with Crippen LogP contribution in [0.2, 0.25) is 0 Å². The monoisotopic (exact) mass is 282 g/mol. The zero-order chi connectivity index (χ0) is 13.8. The average molecular weight is 282 g/mol. The Morgan fingerprint density at radius 2 is 1.95 bits per heavy atom. The first-order valence-electron chi connectivity index (χ1n) is 8.58. The third kappa shape index (κ3) is 3.94. The third-order valence-corrected chi connectivity index (χ3v) is 5.29. The predicted octanol–water partition coefficient (Wildman–Crippen LogP) is 1.52. The van der Waals surface area contributed by atoms with Gasteiger partial charge in [0.2, 0.25) is 0 Å². The van der Waals surface area contributed by atoms with Gasteiger partial charge < -0.3 is 20.1 Å². The molecule has 3 rings (SSSR count). The van der Waals surface area contributed by atoms with Gasteiger partial charge >= 0.3 is 0 Å². The Balaban J connectivity index is 1.30. The summed E-state index contributed by atoms with van der Waals surface area (Å²) >= 11 is 0. The number of rotatable bonds is 6. The number of hydrogen-bond acceptors (Lipinski definition) is 4. The van der Waals surface area contributed by atoms with Crippen molar-refractivity contribution >= 4 is 0 Å². The fourth-order valence-corrected chi connectivity index (χ4v) is 4.07. The average Bonchev–Trinajstić information content (AvgIpc) is 3.13. The predicted molar refractivity (Wildman–Crippen MR) is 79.8 cm³/mol. The zero-order valence-corrected chi connectivity index (χ0v) is 12.6. The zero-order valence-electron chi connectivity index (χ0n) is 12.6. The Bertz CT molecular complexity index is 294. The molecule has 1 saturated carbocycles. The molecule has 3 unspecified atom stereocenters. The van der Waals surface area contributed by atoms with Crippen molar-refractivity contribution in [3.8, 4) is 0 Å². The lowest BCUT2D eigenvalue weighted by molar-refractivity contribution is -0.00717. The van der Waals surface area contributed by atoms with E-state index in [1.54, 1.807) is 0 Å². The van der Waals surface area contributed by atoms with E-state index < -0.39 is 0 Å². The van der Waals surface area contributed by atoms with Crippen LogP contribution in [0, 0.1) is 0 Å². The lowest BCUT2D eigenvalue weighted by Crippen LogP contribution is -2.47. The molecular weight excluding hydrogens is 252 g/mol. The van der Waals surface area contributed by atoms with Crippen molar-refractivity contribution in [2.45, 2.75) is 75.7 Å². The van der Waals surface area contributed by atoms with Crippen LogP contribution in [0.4, 0.5) is 0 Å². The van der Waals surface area contributed by atoms with Crippen molar-refractivity contribution in [1.82, 2.24) is 10.2 Å². The van der Waals surface area contributed by atoms with Crippen molar-refractivity contribution in [3.63, 3.8) is 0 Å². The summed E-state index contributed by atoms with van der Waals surface area (Å²) < 4.78 is 5.78. The highest BCUT2D eigenvalue weighted by Crippen LogP contribution is 2.26. The van der Waals surface area contributed by atoms with Gasteiger partial charge in [-0.05, 0) is 51.6 Å². The van der Waals surface area contributed by atoms with E-state index in [4.69, 9.17) is 4.74 Å². The lowest BCUT2D eigenvalue weighted by Gasteiger charge is -2.35. The summed E-state index contributed by atoms with van der Waals surface area (Å²) in [6.45, 7) is 3.72. The smallest absolute Gasteiger partial charge is 0.0897 e. The second-order valence-electron chi connectivity index (χ2n) is 6.86. The van der Waals surface area contributed by atoms with Gasteiger partial charge in [-0.2, -0.15) is 0 Å². The minimum absolute atomic E-state index is 0.350. The van der Waals surface area contributed by atoms with Gasteiger partial charge in [0.15, 0.2) is 0 Å². The van der Waals surface area contributed by atoms with E-state index in [-0.39, 0.29) is 6.10 Å². The molecule has 1 aliphatic carbocycles. The molecule has 0 bridgehead atoms. The molecule has 2 aliphatic heterocycles. The van der Waals surface area contributed by atoms with Gasteiger partial charge in [0, 0.05) is 18.6 Å². The topological polar surface area (TPSA) is 44.7 Å². The van der Waals surface area contributed by atoms with Crippen LogP contribution < -0.4 is 5.32 Å². The SMILES string of the molecule is OC(CNC1CCN2CCCC2C1)COC1CCCC1. The van der Waals surface area contributed by atoms with Crippen molar-refractivity contribution in [1.29, 1.82) is 0 Å². The van der Waals surface area contributed by atoms with Gasteiger partial charge in [-0.3, -0.25) is 0 Å². The van der Waals surface area contributed by atoms with Crippen LogP contribution in [0.5, 0.6) is 0 Å². The highest BCUT2D eigenvalue weighted by molar-refractivity contribution is 4.89. The van der Waals surface area contributed by atoms with E-state index >= 15 is 0 Å². The highest BCUT2D eigenvalue weighted by atomic mass is 16.5. The molecule has 0 aromatic heterocycles. The van der Waals surface area contributed by atoms with Crippen LogP contribution in [0.1, 0.15) is 51.4 Å². The maximum atomic E-state index is 10.0. The normalized spacial score (nSPS) is 33.5. The number of hydrogen-bond donors (Lipinski definition) is 2. The molecule has 3 aliphatic rings. The molecule has 3 atom stereocenters. The Labute approximate surface area is 122 Å². The van der Waals surface area contributed by atoms with Crippen molar-refractivity contribution in [3.05, 3.63) is 0 Å². The first kappa shape index (κ1) is 14.8. The summed E-state index contributed by atoms with van der Waals surface area (Å²) in [5.74, 6) is 0. The largest absolute Gasteiger partial charge is 0.389 e. The Morgan fingerprint density at radius 1 is 1.10 bits per heavy atom. The van der Waals surface area contributed by atoms with Gasteiger partial charge in [-0.25, -0.2) is 0 Å². The molecule has 116 valence electrons. The van der Waals surface area contributed by atoms with E-state index in [9.17, 15) is 5.11 Å². The van der Waals surface area contributed by atoms with Crippen molar-refractivity contribution in [2.75, 3.05) is 26.2 Å². The fraction of sp³-hybridized carbons (Fsp3) is 1.00. The molecule has 20 heavy (non-hydrogen) atoms. The van der Waals surface area contributed by atoms with Gasteiger partial charge in [0.25, 0.3) is 0 Å². The van der Waals surface area contributed by atoms with Crippen LogP contribution in [0.25, 0.3) is 0 Å². The van der Waals surface area contributed by atoms with E-state index in [0.717, 1.165) is 6.04 Å². The second kappa shape index (κ2) is 7.21. The number of aliphatic hydroxyl groups excluding tert-OH is 1. The highest BCUT2D eigenvalue weighted by Gasteiger charge is 2.31.